The molecule has 2 aliphatic rings. The van der Waals surface area contributed by atoms with E-state index >= 15 is 0 Å². The summed E-state index contributed by atoms with van der Waals surface area (Å²) in [4.78, 5) is 12.1. The summed E-state index contributed by atoms with van der Waals surface area (Å²) < 4.78 is 0. The van der Waals surface area contributed by atoms with E-state index in [1.165, 1.54) is 12.8 Å². The van der Waals surface area contributed by atoms with Crippen molar-refractivity contribution in [2.75, 3.05) is 0 Å². The molecule has 0 aromatic rings. The molecule has 0 aromatic heterocycles. The molecule has 0 N–H and O–H groups in total. The summed E-state index contributed by atoms with van der Waals surface area (Å²) in [7, 11) is 0. The van der Waals surface area contributed by atoms with Crippen LogP contribution in [-0.2, 0) is 4.79 Å². The van der Waals surface area contributed by atoms with Crippen LogP contribution in [0.5, 0.6) is 0 Å². The molecule has 0 heterocycles. The van der Waals surface area contributed by atoms with Crippen LogP contribution in [0.15, 0.2) is 0 Å². The maximum Gasteiger partial charge on any atom is 0.138 e. The lowest BCUT2D eigenvalue weighted by Crippen LogP contribution is -2.27. The quantitative estimate of drug-likeness (QED) is 0.688. The highest BCUT2D eigenvalue weighted by Crippen LogP contribution is 2.55. The Balaban J connectivity index is 2.17. The number of Topliss-reactive ketones (excluding diaryl/α,β-unsaturated/α-hetero) is 1. The molecular formula is C15H26O. The molecule has 16 heavy (non-hydrogen) atoms. The maximum atomic E-state index is 12.1. The molecule has 0 aliphatic heterocycles. The van der Waals surface area contributed by atoms with Gasteiger partial charge in [-0.2, -0.15) is 0 Å². The lowest BCUT2D eigenvalue weighted by Gasteiger charge is -2.36. The number of hydrogen-bond acceptors (Lipinski definition) is 1. The zero-order valence-electron chi connectivity index (χ0n) is 11.3. The Hall–Kier alpha value is -0.330. The molecule has 1 nitrogen and oxygen atoms in total. The molecule has 4 unspecified atom stereocenters. The Labute approximate surface area is 100.0 Å². The second-order valence-electron chi connectivity index (χ2n) is 6.61. The van der Waals surface area contributed by atoms with Crippen molar-refractivity contribution < 1.29 is 4.79 Å². The highest BCUT2D eigenvalue weighted by Gasteiger charge is 2.50. The van der Waals surface area contributed by atoms with Crippen LogP contribution in [0.3, 0.4) is 0 Å². The molecule has 92 valence electrons. The van der Waals surface area contributed by atoms with Crippen LogP contribution in [-0.4, -0.2) is 5.78 Å². The first-order valence-corrected chi connectivity index (χ1v) is 7.01. The molecule has 4 atom stereocenters. The minimum Gasteiger partial charge on any atom is -0.299 e. The zero-order valence-corrected chi connectivity index (χ0v) is 11.3. The molecule has 2 aliphatic carbocycles. The average Bonchev–Trinajstić information content (AvgIpc) is 2.63. The molecule has 0 amide bonds. The van der Waals surface area contributed by atoms with Gasteiger partial charge in [0, 0.05) is 11.8 Å². The first-order valence-electron chi connectivity index (χ1n) is 7.01. The van der Waals surface area contributed by atoms with Crippen LogP contribution < -0.4 is 0 Å². The third kappa shape index (κ3) is 1.83. The monoisotopic (exact) mass is 222 g/mol. The highest BCUT2D eigenvalue weighted by atomic mass is 16.1. The van der Waals surface area contributed by atoms with Gasteiger partial charge >= 0.3 is 0 Å². The van der Waals surface area contributed by atoms with Crippen LogP contribution in [0, 0.1) is 29.1 Å². The number of rotatable bonds is 2. The van der Waals surface area contributed by atoms with Crippen LogP contribution in [0.1, 0.15) is 59.8 Å². The normalized spacial score (nSPS) is 47.8. The summed E-state index contributed by atoms with van der Waals surface area (Å²) in [6.07, 6.45) is 5.79. The molecule has 0 saturated heterocycles. The molecule has 0 spiro atoms. The third-order valence-corrected chi connectivity index (χ3v) is 5.46. The molecule has 0 radical (unpaired) electrons. The van der Waals surface area contributed by atoms with Crippen molar-refractivity contribution in [1.29, 1.82) is 0 Å². The van der Waals surface area contributed by atoms with Crippen molar-refractivity contribution in [3.63, 3.8) is 0 Å². The Kier molecular flexibility index (Phi) is 3.16. The van der Waals surface area contributed by atoms with Gasteiger partial charge < -0.3 is 0 Å². The zero-order chi connectivity index (χ0) is 11.9. The molecular weight excluding hydrogens is 196 g/mol. The van der Waals surface area contributed by atoms with E-state index in [9.17, 15) is 4.79 Å². The van der Waals surface area contributed by atoms with Gasteiger partial charge in [-0.3, -0.25) is 4.79 Å². The number of fused-ring (bicyclic) bond motifs is 1. The average molecular weight is 222 g/mol. The SMILES string of the molecule is CCC(=O)C1(C)CC2C(C)CCC(C)C2C1. The number of ketones is 1. The van der Waals surface area contributed by atoms with E-state index in [1.54, 1.807) is 0 Å². The van der Waals surface area contributed by atoms with Crippen LogP contribution in [0.2, 0.25) is 0 Å². The van der Waals surface area contributed by atoms with Gasteiger partial charge in [0.1, 0.15) is 5.78 Å². The predicted molar refractivity (Wildman–Crippen MR) is 67.2 cm³/mol. The summed E-state index contributed by atoms with van der Waals surface area (Å²) in [6, 6.07) is 0. The van der Waals surface area contributed by atoms with Gasteiger partial charge in [-0.05, 0) is 36.5 Å². The van der Waals surface area contributed by atoms with Gasteiger partial charge in [0.25, 0.3) is 0 Å². The van der Waals surface area contributed by atoms with Crippen LogP contribution >= 0.6 is 0 Å². The van der Waals surface area contributed by atoms with E-state index in [-0.39, 0.29) is 5.41 Å². The van der Waals surface area contributed by atoms with Crippen LogP contribution in [0.4, 0.5) is 0 Å². The second-order valence-corrected chi connectivity index (χ2v) is 6.61. The Morgan fingerprint density at radius 2 is 1.56 bits per heavy atom. The molecule has 2 saturated carbocycles. The Bertz CT molecular complexity index is 263. The van der Waals surface area contributed by atoms with E-state index in [4.69, 9.17) is 0 Å². The molecule has 1 heteroatoms. The van der Waals surface area contributed by atoms with Gasteiger partial charge in [0.2, 0.25) is 0 Å². The van der Waals surface area contributed by atoms with Crippen LogP contribution in [0.25, 0.3) is 0 Å². The van der Waals surface area contributed by atoms with Gasteiger partial charge in [-0.1, -0.05) is 40.5 Å². The fraction of sp³-hybridized carbons (Fsp3) is 0.933. The number of hydrogen-bond donors (Lipinski definition) is 0. The summed E-state index contributed by atoms with van der Waals surface area (Å²) in [5.41, 5.74) is 0.0109. The van der Waals surface area contributed by atoms with Crippen molar-refractivity contribution >= 4 is 5.78 Å². The van der Waals surface area contributed by atoms with Gasteiger partial charge in [-0.25, -0.2) is 0 Å². The minimum absolute atomic E-state index is 0.0109. The second kappa shape index (κ2) is 4.16. The Morgan fingerprint density at radius 3 is 1.94 bits per heavy atom. The minimum atomic E-state index is 0.0109. The number of carbonyl (C=O) groups excluding carboxylic acids is 1. The fourth-order valence-corrected chi connectivity index (χ4v) is 4.28. The standard InChI is InChI=1S/C15H26O/c1-5-14(16)15(4)8-12-10(2)6-7-11(3)13(12)9-15/h10-13H,5-9H2,1-4H3. The van der Waals surface area contributed by atoms with Crippen molar-refractivity contribution in [3.05, 3.63) is 0 Å². The van der Waals surface area contributed by atoms with E-state index in [2.05, 4.69) is 20.8 Å². The lowest BCUT2D eigenvalue weighted by atomic mass is 9.69. The summed E-state index contributed by atoms with van der Waals surface area (Å²) in [5, 5.41) is 0. The van der Waals surface area contributed by atoms with Crippen molar-refractivity contribution in [1.82, 2.24) is 0 Å². The van der Waals surface area contributed by atoms with E-state index < -0.39 is 0 Å². The first-order chi connectivity index (χ1) is 7.48. The van der Waals surface area contributed by atoms with Gasteiger partial charge in [0.15, 0.2) is 0 Å². The fourth-order valence-electron chi connectivity index (χ4n) is 4.28. The summed E-state index contributed by atoms with van der Waals surface area (Å²) in [6.45, 7) is 9.02. The summed E-state index contributed by atoms with van der Waals surface area (Å²) in [5.74, 6) is 3.83. The Morgan fingerprint density at radius 1 is 1.12 bits per heavy atom. The first kappa shape index (κ1) is 12.1. The molecule has 0 bridgehead atoms. The largest absolute Gasteiger partial charge is 0.299 e. The van der Waals surface area contributed by atoms with E-state index in [1.807, 2.05) is 6.92 Å². The van der Waals surface area contributed by atoms with Gasteiger partial charge in [0.05, 0.1) is 0 Å². The van der Waals surface area contributed by atoms with E-state index in [0.717, 1.165) is 42.9 Å². The molecule has 2 fully saturated rings. The summed E-state index contributed by atoms with van der Waals surface area (Å²) >= 11 is 0. The highest BCUT2D eigenvalue weighted by molar-refractivity contribution is 5.84. The molecule has 0 aromatic carbocycles. The molecule has 2 rings (SSSR count). The maximum absolute atomic E-state index is 12.1. The van der Waals surface area contributed by atoms with Crippen molar-refractivity contribution in [3.8, 4) is 0 Å². The van der Waals surface area contributed by atoms with Crippen molar-refractivity contribution in [2.24, 2.45) is 29.1 Å². The predicted octanol–water partition coefficient (Wildman–Crippen LogP) is 4.06. The van der Waals surface area contributed by atoms with Gasteiger partial charge in [-0.15, -0.1) is 0 Å². The van der Waals surface area contributed by atoms with Crippen molar-refractivity contribution in [2.45, 2.75) is 59.8 Å². The smallest absolute Gasteiger partial charge is 0.138 e. The van der Waals surface area contributed by atoms with E-state index in [0.29, 0.717) is 5.78 Å². The number of carbonyl (C=O) groups is 1. The lowest BCUT2D eigenvalue weighted by molar-refractivity contribution is -0.127. The topological polar surface area (TPSA) is 17.1 Å². The third-order valence-electron chi connectivity index (χ3n) is 5.46.